The van der Waals surface area contributed by atoms with Crippen molar-refractivity contribution >= 4 is 5.91 Å². The lowest BCUT2D eigenvalue weighted by atomic mass is 9.96. The number of morpholine rings is 1. The second kappa shape index (κ2) is 11.7. The Bertz CT molecular complexity index is 1020. The minimum atomic E-state index is -0.674. The van der Waals surface area contributed by atoms with E-state index in [2.05, 4.69) is 24.1 Å². The quantitative estimate of drug-likeness (QED) is 0.615. The lowest BCUT2D eigenvalue weighted by molar-refractivity contribution is -0.146. The van der Waals surface area contributed by atoms with Crippen LogP contribution in [0.1, 0.15) is 31.4 Å². The lowest BCUT2D eigenvalue weighted by Crippen LogP contribution is -2.57. The fourth-order valence-electron chi connectivity index (χ4n) is 4.45. The topological polar surface area (TPSA) is 69.3 Å². The molecule has 1 saturated heterocycles. The molecule has 0 bridgehead atoms. The summed E-state index contributed by atoms with van der Waals surface area (Å²) >= 11 is 0. The number of rotatable bonds is 8. The van der Waals surface area contributed by atoms with Gasteiger partial charge in [0, 0.05) is 37.7 Å². The number of benzene rings is 2. The minimum absolute atomic E-state index is 0.145. The predicted octanol–water partition coefficient (Wildman–Crippen LogP) is 3.58. The fourth-order valence-corrected chi connectivity index (χ4v) is 4.45. The number of nitrogens with zero attached hydrogens (tertiary/aromatic N) is 1. The number of hydrogen-bond donors (Lipinski definition) is 1. The zero-order chi connectivity index (χ0) is 24.8. The molecule has 2 atom stereocenters. The number of halogens is 1. The molecule has 0 spiro atoms. The van der Waals surface area contributed by atoms with Gasteiger partial charge in [-0.3, -0.25) is 9.69 Å². The van der Waals surface area contributed by atoms with Crippen LogP contribution in [0.4, 0.5) is 4.39 Å². The molecule has 8 heteroatoms. The summed E-state index contributed by atoms with van der Waals surface area (Å²) in [7, 11) is 1.56. The second-order valence-electron chi connectivity index (χ2n) is 9.46. The first kappa shape index (κ1) is 25.3. The standard InChI is InChI=1S/C27H35FN2O5/c1-18(2)16-29-27(31)26-23(13-19-5-8-24-25(14-19)34-11-4-10-33-24)30(9-12-35-26)17-20-15-21(32-3)6-7-22(20)28/h5-8,14-15,18,23,26H,4,9-13,16-17H2,1-3H3,(H,29,31)/t23?,26-/m1/s1. The zero-order valence-corrected chi connectivity index (χ0v) is 20.7. The van der Waals surface area contributed by atoms with Gasteiger partial charge in [-0.2, -0.15) is 0 Å². The number of amides is 1. The highest BCUT2D eigenvalue weighted by molar-refractivity contribution is 5.81. The normalized spacial score (nSPS) is 20.4. The van der Waals surface area contributed by atoms with Crippen molar-refractivity contribution < 1.29 is 28.1 Å². The highest BCUT2D eigenvalue weighted by atomic mass is 19.1. The lowest BCUT2D eigenvalue weighted by Gasteiger charge is -2.41. The molecule has 0 saturated carbocycles. The van der Waals surface area contributed by atoms with Gasteiger partial charge in [0.15, 0.2) is 17.6 Å². The van der Waals surface area contributed by atoms with E-state index >= 15 is 0 Å². The third-order valence-corrected chi connectivity index (χ3v) is 6.32. The molecule has 1 unspecified atom stereocenters. The van der Waals surface area contributed by atoms with E-state index < -0.39 is 6.10 Å². The summed E-state index contributed by atoms with van der Waals surface area (Å²) in [5, 5.41) is 3.01. The number of methoxy groups -OCH3 is 1. The van der Waals surface area contributed by atoms with E-state index in [0.717, 1.165) is 17.7 Å². The molecule has 190 valence electrons. The molecule has 0 aliphatic carbocycles. The second-order valence-corrected chi connectivity index (χ2v) is 9.46. The summed E-state index contributed by atoms with van der Waals surface area (Å²) in [6.45, 7) is 7.22. The molecular weight excluding hydrogens is 451 g/mol. The smallest absolute Gasteiger partial charge is 0.250 e. The van der Waals surface area contributed by atoms with Gasteiger partial charge in [0.2, 0.25) is 0 Å². The van der Waals surface area contributed by atoms with Gasteiger partial charge in [0.25, 0.3) is 5.91 Å². The zero-order valence-electron chi connectivity index (χ0n) is 20.7. The Balaban J connectivity index is 1.60. The van der Waals surface area contributed by atoms with Crippen LogP contribution < -0.4 is 19.5 Å². The maximum absolute atomic E-state index is 14.7. The van der Waals surface area contributed by atoms with Crippen molar-refractivity contribution in [1.82, 2.24) is 10.2 Å². The van der Waals surface area contributed by atoms with Crippen LogP contribution >= 0.6 is 0 Å². The van der Waals surface area contributed by atoms with E-state index in [1.54, 1.807) is 19.2 Å². The summed E-state index contributed by atoms with van der Waals surface area (Å²) in [5.41, 5.74) is 1.53. The number of ether oxygens (including phenoxy) is 4. The number of carbonyl (C=O) groups excluding carboxylic acids is 1. The first-order valence-electron chi connectivity index (χ1n) is 12.3. The largest absolute Gasteiger partial charge is 0.497 e. The monoisotopic (exact) mass is 486 g/mol. The summed E-state index contributed by atoms with van der Waals surface area (Å²) < 4.78 is 37.6. The first-order chi connectivity index (χ1) is 16.9. The Morgan fingerprint density at radius 2 is 1.94 bits per heavy atom. The average Bonchev–Trinajstić information content (AvgIpc) is 3.10. The molecule has 4 rings (SSSR count). The minimum Gasteiger partial charge on any atom is -0.497 e. The summed E-state index contributed by atoms with van der Waals surface area (Å²) in [4.78, 5) is 15.3. The van der Waals surface area contributed by atoms with E-state index in [1.807, 2.05) is 18.2 Å². The SMILES string of the molecule is COc1ccc(F)c(CN2CCO[C@@H](C(=O)NCC(C)C)C2Cc2ccc3c(c2)OCCCO3)c1. The highest BCUT2D eigenvalue weighted by Crippen LogP contribution is 2.32. The van der Waals surface area contributed by atoms with E-state index in [0.29, 0.717) is 68.9 Å². The van der Waals surface area contributed by atoms with E-state index in [4.69, 9.17) is 18.9 Å². The van der Waals surface area contributed by atoms with Crippen molar-refractivity contribution in [2.75, 3.05) is 40.0 Å². The molecule has 1 N–H and O–H groups in total. The van der Waals surface area contributed by atoms with Crippen molar-refractivity contribution in [2.24, 2.45) is 5.92 Å². The molecule has 2 aromatic rings. The average molecular weight is 487 g/mol. The maximum atomic E-state index is 14.7. The van der Waals surface area contributed by atoms with Crippen LogP contribution in [0.5, 0.6) is 17.2 Å². The van der Waals surface area contributed by atoms with Crippen LogP contribution in [0.3, 0.4) is 0 Å². The molecule has 2 aliphatic rings. The van der Waals surface area contributed by atoms with E-state index in [-0.39, 0.29) is 17.8 Å². The number of fused-ring (bicyclic) bond motifs is 1. The Labute approximate surface area is 206 Å². The van der Waals surface area contributed by atoms with Crippen LogP contribution in [0.15, 0.2) is 36.4 Å². The highest BCUT2D eigenvalue weighted by Gasteiger charge is 2.37. The summed E-state index contributed by atoms with van der Waals surface area (Å²) in [6, 6.07) is 10.3. The van der Waals surface area contributed by atoms with Crippen molar-refractivity contribution in [2.45, 2.75) is 45.4 Å². The van der Waals surface area contributed by atoms with Gasteiger partial charge in [0.05, 0.1) is 26.9 Å². The Kier molecular flexibility index (Phi) is 8.46. The van der Waals surface area contributed by atoms with Gasteiger partial charge in [-0.05, 0) is 48.2 Å². The van der Waals surface area contributed by atoms with Gasteiger partial charge < -0.3 is 24.3 Å². The molecule has 2 aromatic carbocycles. The molecule has 1 amide bonds. The molecular formula is C27H35FN2O5. The first-order valence-corrected chi connectivity index (χ1v) is 12.3. The van der Waals surface area contributed by atoms with Crippen LogP contribution in [-0.2, 0) is 22.5 Å². The summed E-state index contributed by atoms with van der Waals surface area (Å²) in [5.74, 6) is 1.92. The van der Waals surface area contributed by atoms with Crippen molar-refractivity contribution in [1.29, 1.82) is 0 Å². The van der Waals surface area contributed by atoms with Gasteiger partial charge in [-0.25, -0.2) is 4.39 Å². The molecule has 7 nitrogen and oxygen atoms in total. The van der Waals surface area contributed by atoms with E-state index in [9.17, 15) is 9.18 Å². The van der Waals surface area contributed by atoms with Crippen LogP contribution in [-0.4, -0.2) is 63.0 Å². The Hall–Kier alpha value is -2.84. The Morgan fingerprint density at radius 3 is 2.71 bits per heavy atom. The van der Waals surface area contributed by atoms with Gasteiger partial charge in [-0.15, -0.1) is 0 Å². The van der Waals surface area contributed by atoms with Crippen molar-refractivity contribution in [3.63, 3.8) is 0 Å². The molecule has 1 fully saturated rings. The van der Waals surface area contributed by atoms with Crippen LogP contribution in [0.25, 0.3) is 0 Å². The fraction of sp³-hybridized carbons (Fsp3) is 0.519. The van der Waals surface area contributed by atoms with Crippen molar-refractivity contribution in [3.8, 4) is 17.2 Å². The molecule has 0 aromatic heterocycles. The number of carbonyl (C=O) groups is 1. The van der Waals surface area contributed by atoms with Crippen molar-refractivity contribution in [3.05, 3.63) is 53.3 Å². The van der Waals surface area contributed by atoms with Crippen LogP contribution in [0.2, 0.25) is 0 Å². The van der Waals surface area contributed by atoms with Gasteiger partial charge in [0.1, 0.15) is 11.6 Å². The maximum Gasteiger partial charge on any atom is 0.250 e. The molecule has 2 aliphatic heterocycles. The van der Waals surface area contributed by atoms with Crippen LogP contribution in [0, 0.1) is 11.7 Å². The van der Waals surface area contributed by atoms with Gasteiger partial charge >= 0.3 is 0 Å². The molecule has 35 heavy (non-hydrogen) atoms. The molecule has 0 radical (unpaired) electrons. The summed E-state index contributed by atoms with van der Waals surface area (Å²) in [6.07, 6.45) is 0.702. The number of hydrogen-bond acceptors (Lipinski definition) is 6. The number of nitrogens with one attached hydrogen (secondary N) is 1. The Morgan fingerprint density at radius 1 is 1.14 bits per heavy atom. The van der Waals surface area contributed by atoms with E-state index in [1.165, 1.54) is 6.07 Å². The molecule has 2 heterocycles. The van der Waals surface area contributed by atoms with Gasteiger partial charge in [-0.1, -0.05) is 19.9 Å². The predicted molar refractivity (Wildman–Crippen MR) is 130 cm³/mol. The third-order valence-electron chi connectivity index (χ3n) is 6.32. The third kappa shape index (κ3) is 6.44.